The molecule has 5 heterocycles. The highest BCUT2D eigenvalue weighted by Gasteiger charge is 2.21. The molecule has 1 atom stereocenters. The topological polar surface area (TPSA) is 134 Å². The van der Waals surface area contributed by atoms with Gasteiger partial charge in [0, 0.05) is 51.2 Å². The van der Waals surface area contributed by atoms with Gasteiger partial charge in [0.1, 0.15) is 12.1 Å². The third-order valence-electron chi connectivity index (χ3n) is 6.46. The summed E-state index contributed by atoms with van der Waals surface area (Å²) in [5.41, 5.74) is 2.31. The lowest BCUT2D eigenvalue weighted by atomic mass is 10.3. The standard InChI is InChI=1S/C25H29FN12O/c26-18-1-3-19(4-2-18)33-20-11-28-24(29-12-20)36-6-8-37(9-7-36)25-31-17-30-23(35-25)34-21-13-32-38(15-21)16-22-14-27-5-10-39-22/h1-4,11-13,15,17,22,27,33H,5-10,14,16H2,(H,30,31,34,35). The van der Waals surface area contributed by atoms with Crippen LogP contribution in [0.15, 0.2) is 55.4 Å². The fraction of sp³-hybridized carbons (Fsp3) is 0.360. The summed E-state index contributed by atoms with van der Waals surface area (Å²) in [4.78, 5) is 26.5. The quantitative estimate of drug-likeness (QED) is 0.305. The number of nitrogens with one attached hydrogen (secondary N) is 3. The van der Waals surface area contributed by atoms with Gasteiger partial charge in [-0.25, -0.2) is 24.3 Å². The molecule has 2 saturated heterocycles. The molecule has 2 aliphatic heterocycles. The molecule has 1 aromatic carbocycles. The van der Waals surface area contributed by atoms with E-state index in [1.807, 2.05) is 10.9 Å². The van der Waals surface area contributed by atoms with Crippen LogP contribution in [0.25, 0.3) is 0 Å². The summed E-state index contributed by atoms with van der Waals surface area (Å²) in [6.45, 7) is 5.99. The highest BCUT2D eigenvalue weighted by molar-refractivity contribution is 5.58. The van der Waals surface area contributed by atoms with Crippen molar-refractivity contribution in [2.75, 3.05) is 66.3 Å². The number of piperazine rings is 1. The van der Waals surface area contributed by atoms with Crippen LogP contribution >= 0.6 is 0 Å². The second kappa shape index (κ2) is 11.5. The number of ether oxygens (including phenoxy) is 1. The lowest BCUT2D eigenvalue weighted by molar-refractivity contribution is 0.0161. The Hall–Kier alpha value is -4.43. The van der Waals surface area contributed by atoms with Gasteiger partial charge in [-0.3, -0.25) is 4.68 Å². The van der Waals surface area contributed by atoms with Crippen molar-refractivity contribution in [3.05, 3.63) is 61.2 Å². The second-order valence-electron chi connectivity index (χ2n) is 9.26. The van der Waals surface area contributed by atoms with Crippen LogP contribution in [-0.4, -0.2) is 86.7 Å². The van der Waals surface area contributed by atoms with Gasteiger partial charge in [-0.15, -0.1) is 0 Å². The molecule has 13 nitrogen and oxygen atoms in total. The molecule has 202 valence electrons. The van der Waals surface area contributed by atoms with Gasteiger partial charge in [-0.05, 0) is 24.3 Å². The lowest BCUT2D eigenvalue weighted by Crippen LogP contribution is -2.47. The molecule has 2 aliphatic rings. The number of hydrogen-bond acceptors (Lipinski definition) is 12. The van der Waals surface area contributed by atoms with Crippen LogP contribution in [0.4, 0.5) is 39.3 Å². The van der Waals surface area contributed by atoms with E-state index in [1.165, 1.54) is 18.5 Å². The summed E-state index contributed by atoms with van der Waals surface area (Å²) in [5.74, 6) is 1.46. The molecule has 1 unspecified atom stereocenters. The van der Waals surface area contributed by atoms with Gasteiger partial charge in [0.15, 0.2) is 0 Å². The fourth-order valence-electron chi connectivity index (χ4n) is 4.46. The van der Waals surface area contributed by atoms with Crippen molar-refractivity contribution in [1.29, 1.82) is 0 Å². The Morgan fingerprint density at radius 1 is 0.872 bits per heavy atom. The smallest absolute Gasteiger partial charge is 0.232 e. The molecule has 0 aliphatic carbocycles. The van der Waals surface area contributed by atoms with E-state index in [0.29, 0.717) is 31.0 Å². The van der Waals surface area contributed by atoms with Gasteiger partial charge in [-0.1, -0.05) is 0 Å². The van der Waals surface area contributed by atoms with Crippen LogP contribution in [-0.2, 0) is 11.3 Å². The van der Waals surface area contributed by atoms with Crippen LogP contribution < -0.4 is 25.8 Å². The molecule has 0 amide bonds. The number of rotatable bonds is 8. The van der Waals surface area contributed by atoms with Crippen molar-refractivity contribution < 1.29 is 9.13 Å². The summed E-state index contributed by atoms with van der Waals surface area (Å²) < 4.78 is 20.7. The summed E-state index contributed by atoms with van der Waals surface area (Å²) in [6.07, 6.45) is 8.74. The molecule has 0 bridgehead atoms. The second-order valence-corrected chi connectivity index (χ2v) is 9.26. The predicted octanol–water partition coefficient (Wildman–Crippen LogP) is 1.80. The van der Waals surface area contributed by atoms with Crippen LogP contribution in [0.3, 0.4) is 0 Å². The summed E-state index contributed by atoms with van der Waals surface area (Å²) in [5, 5.41) is 14.1. The molecule has 2 fully saturated rings. The maximum Gasteiger partial charge on any atom is 0.232 e. The van der Waals surface area contributed by atoms with Crippen molar-refractivity contribution in [1.82, 2.24) is 40.0 Å². The average molecular weight is 533 g/mol. The summed E-state index contributed by atoms with van der Waals surface area (Å²) in [7, 11) is 0. The Kier molecular flexibility index (Phi) is 7.36. The highest BCUT2D eigenvalue weighted by atomic mass is 19.1. The normalized spacial score (nSPS) is 17.7. The molecule has 0 spiro atoms. The summed E-state index contributed by atoms with van der Waals surface area (Å²) >= 11 is 0. The maximum atomic E-state index is 13.1. The number of halogens is 1. The molecule has 0 radical (unpaired) electrons. The molecule has 14 heteroatoms. The van der Waals surface area contributed by atoms with E-state index in [4.69, 9.17) is 4.74 Å². The number of hydrogen-bond donors (Lipinski definition) is 3. The van der Waals surface area contributed by atoms with Gasteiger partial charge < -0.3 is 30.5 Å². The monoisotopic (exact) mass is 532 g/mol. The first kappa shape index (κ1) is 24.9. The van der Waals surface area contributed by atoms with E-state index in [1.54, 1.807) is 30.7 Å². The van der Waals surface area contributed by atoms with Crippen LogP contribution in [0.5, 0.6) is 0 Å². The van der Waals surface area contributed by atoms with Crippen LogP contribution in [0, 0.1) is 5.82 Å². The number of benzene rings is 1. The Labute approximate surface area is 224 Å². The van der Waals surface area contributed by atoms with E-state index in [2.05, 4.69) is 55.8 Å². The van der Waals surface area contributed by atoms with Crippen LogP contribution in [0.1, 0.15) is 0 Å². The minimum absolute atomic E-state index is 0.107. The van der Waals surface area contributed by atoms with Crippen LogP contribution in [0.2, 0.25) is 0 Å². The molecule has 4 aromatic rings. The molecule has 39 heavy (non-hydrogen) atoms. The highest BCUT2D eigenvalue weighted by Crippen LogP contribution is 2.20. The Balaban J connectivity index is 1.01. The molecule has 6 rings (SSSR count). The third kappa shape index (κ3) is 6.35. The first-order valence-electron chi connectivity index (χ1n) is 12.8. The Morgan fingerprint density at radius 3 is 2.38 bits per heavy atom. The van der Waals surface area contributed by atoms with Crippen molar-refractivity contribution in [2.24, 2.45) is 0 Å². The van der Waals surface area contributed by atoms with Crippen molar-refractivity contribution >= 4 is 34.9 Å². The number of aromatic nitrogens is 7. The molecule has 0 saturated carbocycles. The van der Waals surface area contributed by atoms with Gasteiger partial charge in [-0.2, -0.15) is 10.1 Å². The van der Waals surface area contributed by atoms with E-state index >= 15 is 0 Å². The largest absolute Gasteiger partial charge is 0.374 e. The van der Waals surface area contributed by atoms with E-state index in [9.17, 15) is 4.39 Å². The predicted molar refractivity (Wildman–Crippen MR) is 144 cm³/mol. The zero-order chi connectivity index (χ0) is 26.4. The third-order valence-corrected chi connectivity index (χ3v) is 6.46. The van der Waals surface area contributed by atoms with Gasteiger partial charge >= 0.3 is 0 Å². The molecule has 3 aromatic heterocycles. The molecule has 3 N–H and O–H groups in total. The van der Waals surface area contributed by atoms with E-state index in [-0.39, 0.29) is 11.9 Å². The fourth-order valence-corrected chi connectivity index (χ4v) is 4.46. The summed E-state index contributed by atoms with van der Waals surface area (Å²) in [6, 6.07) is 6.15. The van der Waals surface area contributed by atoms with Gasteiger partial charge in [0.2, 0.25) is 17.8 Å². The lowest BCUT2D eigenvalue weighted by Gasteiger charge is -2.34. The first-order chi connectivity index (χ1) is 19.2. The van der Waals surface area contributed by atoms with E-state index in [0.717, 1.165) is 56.3 Å². The van der Waals surface area contributed by atoms with Crippen molar-refractivity contribution in [2.45, 2.75) is 12.6 Å². The zero-order valence-electron chi connectivity index (χ0n) is 21.2. The number of morpholine rings is 1. The van der Waals surface area contributed by atoms with Crippen molar-refractivity contribution in [3.63, 3.8) is 0 Å². The SMILES string of the molecule is Fc1ccc(Nc2cnc(N3CCN(c4ncnc(Nc5cnn(CC6CNCCO6)c5)n4)CC3)nc2)cc1. The molecular formula is C25H29FN12O. The zero-order valence-corrected chi connectivity index (χ0v) is 21.2. The number of anilines is 6. The average Bonchev–Trinajstić information content (AvgIpc) is 3.42. The minimum atomic E-state index is -0.276. The Bertz CT molecular complexity index is 1350. The van der Waals surface area contributed by atoms with Gasteiger partial charge in [0.05, 0.1) is 49.2 Å². The maximum absolute atomic E-state index is 13.1. The first-order valence-corrected chi connectivity index (χ1v) is 12.8. The number of nitrogens with zero attached hydrogens (tertiary/aromatic N) is 9. The van der Waals surface area contributed by atoms with Crippen molar-refractivity contribution in [3.8, 4) is 0 Å². The minimum Gasteiger partial charge on any atom is -0.374 e. The van der Waals surface area contributed by atoms with Gasteiger partial charge in [0.25, 0.3) is 0 Å². The Morgan fingerprint density at radius 2 is 1.64 bits per heavy atom. The molecular weight excluding hydrogens is 503 g/mol. The van der Waals surface area contributed by atoms with E-state index < -0.39 is 0 Å².